The minimum atomic E-state index is -3.89. The van der Waals surface area contributed by atoms with E-state index in [1.54, 1.807) is 0 Å². The third-order valence-electron chi connectivity index (χ3n) is 5.04. The molecule has 4 rings (SSSR count). The van der Waals surface area contributed by atoms with E-state index in [0.717, 1.165) is 11.1 Å². The van der Waals surface area contributed by atoms with Crippen molar-refractivity contribution >= 4 is 21.8 Å². The molecule has 1 heterocycles. The van der Waals surface area contributed by atoms with Crippen LogP contribution < -0.4 is 5.32 Å². The summed E-state index contributed by atoms with van der Waals surface area (Å²) < 4.78 is 28.3. The van der Waals surface area contributed by atoms with Crippen LogP contribution in [0, 0.1) is 0 Å². The normalized spacial score (nSPS) is 13.4. The Hall–Kier alpha value is -3.29. The standard InChI is InChI=1S/C23H20N2O4S/c26-22-20-12-11-19(15-21(20)23(27)24-22)30(28,29)25(16-18-9-5-2-6-10-18)14-13-17-7-3-1-4-8-17/h1-12,15H,13-14,16H2,(H,24,26,27). The number of amides is 2. The largest absolute Gasteiger partial charge is 0.288 e. The van der Waals surface area contributed by atoms with Crippen LogP contribution in [0.5, 0.6) is 0 Å². The van der Waals surface area contributed by atoms with Gasteiger partial charge in [-0.2, -0.15) is 4.31 Å². The molecule has 0 bridgehead atoms. The van der Waals surface area contributed by atoms with Crippen molar-refractivity contribution in [2.24, 2.45) is 0 Å². The molecule has 0 atom stereocenters. The second-order valence-corrected chi connectivity index (χ2v) is 8.99. The van der Waals surface area contributed by atoms with Gasteiger partial charge >= 0.3 is 0 Å². The van der Waals surface area contributed by atoms with Crippen LogP contribution in [-0.4, -0.2) is 31.1 Å². The summed E-state index contributed by atoms with van der Waals surface area (Å²) >= 11 is 0. The van der Waals surface area contributed by atoms with Crippen LogP contribution in [0.4, 0.5) is 0 Å². The number of carbonyl (C=O) groups is 2. The van der Waals surface area contributed by atoms with Gasteiger partial charge in [0.2, 0.25) is 10.0 Å². The molecule has 0 saturated carbocycles. The van der Waals surface area contributed by atoms with Crippen LogP contribution in [-0.2, 0) is 23.0 Å². The van der Waals surface area contributed by atoms with Gasteiger partial charge in [0.15, 0.2) is 0 Å². The molecule has 0 spiro atoms. The van der Waals surface area contributed by atoms with Gasteiger partial charge in [-0.3, -0.25) is 14.9 Å². The fraction of sp³-hybridized carbons (Fsp3) is 0.130. The molecule has 152 valence electrons. The van der Waals surface area contributed by atoms with E-state index >= 15 is 0 Å². The van der Waals surface area contributed by atoms with E-state index in [1.807, 2.05) is 60.7 Å². The number of fused-ring (bicyclic) bond motifs is 1. The Kier molecular flexibility index (Phi) is 5.48. The molecule has 1 aliphatic rings. The van der Waals surface area contributed by atoms with E-state index in [-0.39, 0.29) is 29.1 Å². The summed E-state index contributed by atoms with van der Waals surface area (Å²) in [6.45, 7) is 0.488. The molecular formula is C23H20N2O4S. The van der Waals surface area contributed by atoms with Crippen LogP contribution in [0.25, 0.3) is 0 Å². The zero-order valence-electron chi connectivity index (χ0n) is 16.1. The Morgan fingerprint density at radius 1 is 0.733 bits per heavy atom. The van der Waals surface area contributed by atoms with Crippen LogP contribution >= 0.6 is 0 Å². The van der Waals surface area contributed by atoms with Crippen LogP contribution in [0.1, 0.15) is 31.8 Å². The molecule has 1 aliphatic heterocycles. The maximum atomic E-state index is 13.5. The lowest BCUT2D eigenvalue weighted by atomic mass is 10.1. The fourth-order valence-electron chi connectivity index (χ4n) is 3.43. The number of benzene rings is 3. The minimum absolute atomic E-state index is 0.00454. The molecule has 0 saturated heterocycles. The zero-order chi connectivity index (χ0) is 21.1. The summed E-state index contributed by atoms with van der Waals surface area (Å²) in [5.74, 6) is -1.09. The Bertz CT molecular complexity index is 1190. The molecule has 6 nitrogen and oxygen atoms in total. The van der Waals surface area contributed by atoms with Gasteiger partial charge in [-0.05, 0) is 35.7 Å². The SMILES string of the molecule is O=C1NC(=O)c2cc(S(=O)(=O)N(CCc3ccccc3)Cc3ccccc3)ccc21. The Balaban J connectivity index is 1.67. The molecular weight excluding hydrogens is 400 g/mol. The highest BCUT2D eigenvalue weighted by Crippen LogP contribution is 2.24. The highest BCUT2D eigenvalue weighted by Gasteiger charge is 2.31. The second-order valence-electron chi connectivity index (χ2n) is 7.05. The highest BCUT2D eigenvalue weighted by atomic mass is 32.2. The molecule has 7 heteroatoms. The molecule has 3 aromatic rings. The first kappa shape index (κ1) is 20.0. The van der Waals surface area contributed by atoms with Crippen LogP contribution in [0.15, 0.2) is 83.8 Å². The molecule has 3 aromatic carbocycles. The van der Waals surface area contributed by atoms with E-state index in [1.165, 1.54) is 22.5 Å². The monoisotopic (exact) mass is 420 g/mol. The van der Waals surface area contributed by atoms with Crippen molar-refractivity contribution < 1.29 is 18.0 Å². The van der Waals surface area contributed by atoms with Crippen molar-refractivity contribution in [3.63, 3.8) is 0 Å². The van der Waals surface area contributed by atoms with Gasteiger partial charge in [-0.15, -0.1) is 0 Å². The Labute approximate surface area is 175 Å². The number of hydrogen-bond donors (Lipinski definition) is 1. The third kappa shape index (κ3) is 4.03. The van der Waals surface area contributed by atoms with Crippen LogP contribution in [0.3, 0.4) is 0 Å². The molecule has 30 heavy (non-hydrogen) atoms. The van der Waals surface area contributed by atoms with Crippen molar-refractivity contribution in [1.29, 1.82) is 0 Å². The average Bonchev–Trinajstić information content (AvgIpc) is 3.05. The second kappa shape index (κ2) is 8.22. The predicted molar refractivity (Wildman–Crippen MR) is 112 cm³/mol. The van der Waals surface area contributed by atoms with Gasteiger partial charge in [-0.25, -0.2) is 8.42 Å². The first-order chi connectivity index (χ1) is 14.4. The van der Waals surface area contributed by atoms with Crippen molar-refractivity contribution in [3.8, 4) is 0 Å². The molecule has 0 radical (unpaired) electrons. The molecule has 1 N–H and O–H groups in total. The summed E-state index contributed by atoms with van der Waals surface area (Å²) in [7, 11) is -3.89. The first-order valence-electron chi connectivity index (χ1n) is 9.53. The summed E-state index contributed by atoms with van der Waals surface area (Å²) in [4.78, 5) is 23.8. The molecule has 0 fully saturated rings. The van der Waals surface area contributed by atoms with Crippen LogP contribution in [0.2, 0.25) is 0 Å². The maximum Gasteiger partial charge on any atom is 0.258 e. The van der Waals surface area contributed by atoms with E-state index in [2.05, 4.69) is 5.32 Å². The number of rotatable bonds is 7. The predicted octanol–water partition coefficient (Wildman–Crippen LogP) is 3.00. The lowest BCUT2D eigenvalue weighted by molar-refractivity contribution is 0.0879. The molecule has 0 unspecified atom stereocenters. The van der Waals surface area contributed by atoms with E-state index in [4.69, 9.17) is 0 Å². The molecule has 2 amide bonds. The first-order valence-corrected chi connectivity index (χ1v) is 11.0. The Morgan fingerprint density at radius 3 is 2.00 bits per heavy atom. The topological polar surface area (TPSA) is 83.5 Å². The van der Waals surface area contributed by atoms with E-state index in [9.17, 15) is 18.0 Å². The quantitative estimate of drug-likeness (QED) is 0.596. The molecule has 0 aliphatic carbocycles. The third-order valence-corrected chi connectivity index (χ3v) is 6.88. The van der Waals surface area contributed by atoms with Gasteiger partial charge in [0.1, 0.15) is 0 Å². The molecule has 0 aromatic heterocycles. The summed E-state index contributed by atoms with van der Waals surface area (Å²) in [6, 6.07) is 23.1. The van der Waals surface area contributed by atoms with Gasteiger partial charge < -0.3 is 0 Å². The van der Waals surface area contributed by atoms with E-state index in [0.29, 0.717) is 6.42 Å². The van der Waals surface area contributed by atoms with Crippen molar-refractivity contribution in [2.75, 3.05) is 6.54 Å². The highest BCUT2D eigenvalue weighted by molar-refractivity contribution is 7.89. The summed E-state index contributed by atoms with van der Waals surface area (Å²) in [6.07, 6.45) is 0.552. The fourth-order valence-corrected chi connectivity index (χ4v) is 4.88. The number of imide groups is 1. The summed E-state index contributed by atoms with van der Waals surface area (Å²) in [5.41, 5.74) is 2.18. The zero-order valence-corrected chi connectivity index (χ0v) is 16.9. The number of nitrogens with one attached hydrogen (secondary N) is 1. The number of nitrogens with zero attached hydrogens (tertiary/aromatic N) is 1. The summed E-state index contributed by atoms with van der Waals surface area (Å²) in [5, 5.41) is 2.19. The van der Waals surface area contributed by atoms with Gasteiger partial charge in [-0.1, -0.05) is 60.7 Å². The number of hydrogen-bond acceptors (Lipinski definition) is 4. The average molecular weight is 420 g/mol. The minimum Gasteiger partial charge on any atom is -0.288 e. The maximum absolute atomic E-state index is 13.5. The lowest BCUT2D eigenvalue weighted by Crippen LogP contribution is -2.32. The smallest absolute Gasteiger partial charge is 0.258 e. The Morgan fingerprint density at radius 2 is 1.33 bits per heavy atom. The van der Waals surface area contributed by atoms with Crippen molar-refractivity contribution in [3.05, 3.63) is 101 Å². The van der Waals surface area contributed by atoms with Gasteiger partial charge in [0, 0.05) is 13.1 Å². The van der Waals surface area contributed by atoms with Gasteiger partial charge in [0.05, 0.1) is 16.0 Å². The van der Waals surface area contributed by atoms with E-state index < -0.39 is 21.8 Å². The number of carbonyl (C=O) groups excluding carboxylic acids is 2. The van der Waals surface area contributed by atoms with Crippen molar-refractivity contribution in [1.82, 2.24) is 9.62 Å². The van der Waals surface area contributed by atoms with Gasteiger partial charge in [0.25, 0.3) is 11.8 Å². The van der Waals surface area contributed by atoms with Crippen molar-refractivity contribution in [2.45, 2.75) is 17.9 Å². The number of sulfonamides is 1. The lowest BCUT2D eigenvalue weighted by Gasteiger charge is -2.23.